The summed E-state index contributed by atoms with van der Waals surface area (Å²) in [5, 5.41) is 0. The smallest absolute Gasteiger partial charge is 0.337 e. The molecule has 6 heteroatoms. The maximum Gasteiger partial charge on any atom is 0.337 e. The molecule has 2 heterocycles. The summed E-state index contributed by atoms with van der Waals surface area (Å²) < 4.78 is 9.97. The van der Waals surface area contributed by atoms with Crippen LogP contribution in [0.3, 0.4) is 0 Å². The maximum atomic E-state index is 12.5. The Kier molecular flexibility index (Phi) is 5.42. The number of piperazine rings is 1. The van der Waals surface area contributed by atoms with Crippen LogP contribution in [0.5, 0.6) is 0 Å². The predicted octanol–water partition coefficient (Wildman–Crippen LogP) is 2.80. The molecule has 1 saturated heterocycles. The molecule has 1 aromatic carbocycles. The van der Waals surface area contributed by atoms with Gasteiger partial charge >= 0.3 is 5.97 Å². The Balaban J connectivity index is 1.65. The largest absolute Gasteiger partial charge is 0.465 e. The number of hydrogen-bond acceptors (Lipinski definition) is 5. The van der Waals surface area contributed by atoms with Gasteiger partial charge in [0.15, 0.2) is 5.76 Å². The predicted molar refractivity (Wildman–Crippen MR) is 96.9 cm³/mol. The molecule has 0 spiro atoms. The topological polar surface area (TPSA) is 63.0 Å². The van der Waals surface area contributed by atoms with Gasteiger partial charge < -0.3 is 14.1 Å². The van der Waals surface area contributed by atoms with E-state index in [1.807, 2.05) is 17.0 Å². The van der Waals surface area contributed by atoms with E-state index in [2.05, 4.69) is 18.7 Å². The van der Waals surface area contributed by atoms with E-state index in [1.54, 1.807) is 24.3 Å². The number of carbonyl (C=O) groups excluding carboxylic acids is 2. The second kappa shape index (κ2) is 7.74. The zero-order valence-electron chi connectivity index (χ0n) is 15.3. The molecule has 2 atom stereocenters. The van der Waals surface area contributed by atoms with Gasteiger partial charge in [-0.2, -0.15) is 0 Å². The van der Waals surface area contributed by atoms with E-state index >= 15 is 0 Å². The van der Waals surface area contributed by atoms with Gasteiger partial charge in [-0.3, -0.25) is 9.69 Å². The van der Waals surface area contributed by atoms with Crippen molar-refractivity contribution in [2.75, 3.05) is 20.2 Å². The van der Waals surface area contributed by atoms with Crippen LogP contribution in [0, 0.1) is 0 Å². The van der Waals surface area contributed by atoms with Gasteiger partial charge in [0.2, 0.25) is 0 Å². The van der Waals surface area contributed by atoms with Gasteiger partial charge in [0.05, 0.1) is 18.9 Å². The third kappa shape index (κ3) is 3.80. The summed E-state index contributed by atoms with van der Waals surface area (Å²) in [6, 6.07) is 11.3. The van der Waals surface area contributed by atoms with E-state index in [4.69, 9.17) is 9.15 Å². The summed E-state index contributed by atoms with van der Waals surface area (Å²) in [6.45, 7) is 6.34. The number of rotatable bonds is 4. The molecule has 138 valence electrons. The molecule has 0 unspecified atom stereocenters. The molecule has 0 N–H and O–H groups in total. The Hall–Kier alpha value is -2.60. The lowest BCUT2D eigenvalue weighted by Gasteiger charge is -2.44. The highest BCUT2D eigenvalue weighted by molar-refractivity contribution is 5.91. The van der Waals surface area contributed by atoms with Gasteiger partial charge in [-0.1, -0.05) is 12.1 Å². The number of ether oxygens (including phenoxy) is 1. The number of amides is 1. The monoisotopic (exact) mass is 356 g/mol. The van der Waals surface area contributed by atoms with Gasteiger partial charge in [0, 0.05) is 31.7 Å². The number of carbonyl (C=O) groups is 2. The van der Waals surface area contributed by atoms with Gasteiger partial charge in [-0.05, 0) is 43.7 Å². The Morgan fingerprint density at radius 1 is 1.12 bits per heavy atom. The number of nitrogens with zero attached hydrogens (tertiary/aromatic N) is 2. The fraction of sp³-hybridized carbons (Fsp3) is 0.400. The van der Waals surface area contributed by atoms with Crippen LogP contribution in [0.25, 0.3) is 0 Å². The van der Waals surface area contributed by atoms with E-state index in [9.17, 15) is 9.59 Å². The lowest BCUT2D eigenvalue weighted by atomic mass is 10.0. The van der Waals surface area contributed by atoms with E-state index in [0.717, 1.165) is 12.1 Å². The third-order valence-electron chi connectivity index (χ3n) is 4.86. The fourth-order valence-electron chi connectivity index (χ4n) is 3.47. The van der Waals surface area contributed by atoms with E-state index in [1.165, 1.54) is 13.4 Å². The minimum atomic E-state index is -0.330. The first-order valence-electron chi connectivity index (χ1n) is 8.75. The van der Waals surface area contributed by atoms with Gasteiger partial charge in [0.25, 0.3) is 5.91 Å². The lowest BCUT2D eigenvalue weighted by Crippen LogP contribution is -2.57. The molecule has 1 fully saturated rings. The molecule has 0 bridgehead atoms. The van der Waals surface area contributed by atoms with E-state index < -0.39 is 0 Å². The van der Waals surface area contributed by atoms with Crippen LogP contribution in [0.4, 0.5) is 0 Å². The van der Waals surface area contributed by atoms with Crippen molar-refractivity contribution in [3.8, 4) is 0 Å². The van der Waals surface area contributed by atoms with Crippen LogP contribution in [-0.2, 0) is 11.3 Å². The number of methoxy groups -OCH3 is 1. The third-order valence-corrected chi connectivity index (χ3v) is 4.86. The van der Waals surface area contributed by atoms with E-state index in [-0.39, 0.29) is 24.0 Å². The van der Waals surface area contributed by atoms with Crippen molar-refractivity contribution < 1.29 is 18.7 Å². The van der Waals surface area contributed by atoms with Crippen molar-refractivity contribution in [1.82, 2.24) is 9.80 Å². The second-order valence-electron chi connectivity index (χ2n) is 6.75. The summed E-state index contributed by atoms with van der Waals surface area (Å²) >= 11 is 0. The van der Waals surface area contributed by atoms with Crippen LogP contribution in [0.15, 0.2) is 47.1 Å². The Bertz CT molecular complexity index is 743. The Morgan fingerprint density at radius 2 is 1.77 bits per heavy atom. The quantitative estimate of drug-likeness (QED) is 0.788. The first-order chi connectivity index (χ1) is 12.5. The average molecular weight is 356 g/mol. The molecule has 2 aromatic rings. The number of esters is 1. The fourth-order valence-corrected chi connectivity index (χ4v) is 3.47. The van der Waals surface area contributed by atoms with Crippen molar-refractivity contribution in [1.29, 1.82) is 0 Å². The van der Waals surface area contributed by atoms with Gasteiger partial charge in [-0.15, -0.1) is 0 Å². The zero-order valence-corrected chi connectivity index (χ0v) is 15.3. The minimum absolute atomic E-state index is 0.0595. The highest BCUT2D eigenvalue weighted by atomic mass is 16.5. The molecule has 0 radical (unpaired) electrons. The highest BCUT2D eigenvalue weighted by Crippen LogP contribution is 2.21. The van der Waals surface area contributed by atoms with Crippen molar-refractivity contribution in [2.24, 2.45) is 0 Å². The molecule has 1 aliphatic rings. The summed E-state index contributed by atoms with van der Waals surface area (Å²) in [7, 11) is 1.38. The molecule has 3 rings (SSSR count). The number of benzene rings is 1. The number of furan rings is 1. The zero-order chi connectivity index (χ0) is 18.7. The summed E-state index contributed by atoms with van der Waals surface area (Å²) in [5.41, 5.74) is 1.67. The van der Waals surface area contributed by atoms with Crippen LogP contribution >= 0.6 is 0 Å². The molecule has 6 nitrogen and oxygen atoms in total. The summed E-state index contributed by atoms with van der Waals surface area (Å²) in [5.74, 6) is -0.00429. The second-order valence-corrected chi connectivity index (χ2v) is 6.75. The average Bonchev–Trinajstić information content (AvgIpc) is 3.18. The molecule has 26 heavy (non-hydrogen) atoms. The Morgan fingerprint density at radius 3 is 2.31 bits per heavy atom. The van der Waals surface area contributed by atoms with E-state index in [0.29, 0.717) is 24.4 Å². The SMILES string of the molecule is COC(=O)c1ccc(CN2[C@H](C)CN(C(=O)c3ccco3)C[C@@H]2C)cc1. The van der Waals surface area contributed by atoms with Crippen LogP contribution in [0.1, 0.15) is 40.3 Å². The molecule has 1 aromatic heterocycles. The van der Waals surface area contributed by atoms with Crippen LogP contribution in [0.2, 0.25) is 0 Å². The maximum absolute atomic E-state index is 12.5. The first-order valence-corrected chi connectivity index (χ1v) is 8.75. The minimum Gasteiger partial charge on any atom is -0.465 e. The van der Waals surface area contributed by atoms with Crippen molar-refractivity contribution in [3.05, 3.63) is 59.5 Å². The van der Waals surface area contributed by atoms with Crippen LogP contribution in [-0.4, -0.2) is 54.0 Å². The summed E-state index contributed by atoms with van der Waals surface area (Å²) in [6.07, 6.45) is 1.52. The summed E-state index contributed by atoms with van der Waals surface area (Å²) in [4.78, 5) is 28.3. The van der Waals surface area contributed by atoms with Crippen molar-refractivity contribution in [3.63, 3.8) is 0 Å². The molecule has 0 saturated carbocycles. The standard InChI is InChI=1S/C20H24N2O4/c1-14-11-21(19(23)18-5-4-10-26-18)12-15(2)22(14)13-16-6-8-17(9-7-16)20(24)25-3/h4-10,14-15H,11-13H2,1-3H3/t14-,15+. The Labute approximate surface area is 153 Å². The molecular weight excluding hydrogens is 332 g/mol. The lowest BCUT2D eigenvalue weighted by molar-refractivity contribution is 0.0250. The molecule has 0 aliphatic carbocycles. The molecular formula is C20H24N2O4. The first kappa shape index (κ1) is 18.2. The highest BCUT2D eigenvalue weighted by Gasteiger charge is 2.32. The van der Waals surface area contributed by atoms with Crippen molar-refractivity contribution >= 4 is 11.9 Å². The number of hydrogen-bond donors (Lipinski definition) is 0. The molecule has 1 amide bonds. The van der Waals surface area contributed by atoms with Gasteiger partial charge in [0.1, 0.15) is 0 Å². The van der Waals surface area contributed by atoms with Gasteiger partial charge in [-0.25, -0.2) is 4.79 Å². The molecule has 1 aliphatic heterocycles. The van der Waals surface area contributed by atoms with Crippen LogP contribution < -0.4 is 0 Å². The van der Waals surface area contributed by atoms with Crippen molar-refractivity contribution in [2.45, 2.75) is 32.5 Å². The normalized spacial score (nSPS) is 20.8.